The fourth-order valence-electron chi connectivity index (χ4n) is 2.32. The van der Waals surface area contributed by atoms with Crippen molar-refractivity contribution in [1.29, 1.82) is 0 Å². The van der Waals surface area contributed by atoms with Gasteiger partial charge in [0, 0.05) is 5.57 Å². The van der Waals surface area contributed by atoms with Gasteiger partial charge in [-0.15, -0.1) is 0 Å². The van der Waals surface area contributed by atoms with Crippen LogP contribution in [0, 0.1) is 0 Å². The Morgan fingerprint density at radius 3 is 2.00 bits per heavy atom. The molecule has 0 unspecified atom stereocenters. The van der Waals surface area contributed by atoms with Crippen LogP contribution in [0.1, 0.15) is 49.0 Å². The number of rotatable bonds is 8. The Morgan fingerprint density at radius 1 is 0.885 bits per heavy atom. The van der Waals surface area contributed by atoms with E-state index in [4.69, 9.17) is 9.47 Å². The first-order chi connectivity index (χ1) is 12.5. The van der Waals surface area contributed by atoms with Crippen LogP contribution < -0.4 is 9.47 Å². The Morgan fingerprint density at radius 2 is 1.46 bits per heavy atom. The Hall–Kier alpha value is -2.88. The van der Waals surface area contributed by atoms with Gasteiger partial charge in [0.05, 0.1) is 5.56 Å². The summed E-state index contributed by atoms with van der Waals surface area (Å²) in [4.78, 5) is 23.7. The molecule has 0 aliphatic carbocycles. The highest BCUT2D eigenvalue weighted by Crippen LogP contribution is 2.20. The maximum atomic E-state index is 12.2. The third-order valence-corrected chi connectivity index (χ3v) is 3.85. The number of hydrogen-bond donors (Lipinski definition) is 0. The van der Waals surface area contributed by atoms with E-state index < -0.39 is 11.9 Å². The van der Waals surface area contributed by atoms with Gasteiger partial charge in [0.2, 0.25) is 0 Å². The molecule has 0 amide bonds. The van der Waals surface area contributed by atoms with E-state index in [2.05, 4.69) is 13.5 Å². The molecule has 2 rings (SSSR count). The number of unbranched alkanes of at least 4 members (excludes halogenated alkanes) is 2. The van der Waals surface area contributed by atoms with Crippen molar-refractivity contribution in [2.24, 2.45) is 0 Å². The van der Waals surface area contributed by atoms with Crippen molar-refractivity contribution in [2.45, 2.75) is 39.5 Å². The van der Waals surface area contributed by atoms with E-state index in [1.54, 1.807) is 43.3 Å². The number of esters is 2. The van der Waals surface area contributed by atoms with Crippen LogP contribution in [0.25, 0.3) is 0 Å². The van der Waals surface area contributed by atoms with Gasteiger partial charge in [0.1, 0.15) is 11.5 Å². The second-order valence-corrected chi connectivity index (χ2v) is 6.18. The zero-order valence-corrected chi connectivity index (χ0v) is 15.3. The maximum Gasteiger partial charge on any atom is 0.343 e. The first-order valence-electron chi connectivity index (χ1n) is 8.78. The normalized spacial score (nSPS) is 10.2. The summed E-state index contributed by atoms with van der Waals surface area (Å²) < 4.78 is 10.4. The third kappa shape index (κ3) is 5.88. The summed E-state index contributed by atoms with van der Waals surface area (Å²) in [5.41, 5.74) is 2.04. The number of aryl methyl sites for hydroxylation is 1. The molecule has 0 bridgehead atoms. The number of ether oxygens (including phenoxy) is 2. The zero-order valence-electron chi connectivity index (χ0n) is 15.3. The van der Waals surface area contributed by atoms with Gasteiger partial charge in [0.15, 0.2) is 0 Å². The van der Waals surface area contributed by atoms with E-state index in [1.807, 2.05) is 12.1 Å². The van der Waals surface area contributed by atoms with Crippen molar-refractivity contribution in [3.63, 3.8) is 0 Å². The average molecular weight is 352 g/mol. The summed E-state index contributed by atoms with van der Waals surface area (Å²) in [6, 6.07) is 13.8. The molecule has 0 aliphatic heterocycles. The largest absolute Gasteiger partial charge is 0.423 e. The molecule has 0 heterocycles. The number of carbonyl (C=O) groups is 2. The standard InChI is InChI=1S/C22H24O4/c1-4-5-6-7-17-8-10-18(11-9-17)22(24)26-20-14-12-19(13-15-20)25-21(23)16(2)3/h8-15H,2,4-7H2,1,3H3. The van der Waals surface area contributed by atoms with Crippen molar-refractivity contribution in [3.8, 4) is 11.5 Å². The van der Waals surface area contributed by atoms with Gasteiger partial charge in [-0.05, 0) is 61.7 Å². The van der Waals surface area contributed by atoms with Crippen LogP contribution in [0.3, 0.4) is 0 Å². The lowest BCUT2D eigenvalue weighted by Gasteiger charge is -2.07. The number of hydrogen-bond acceptors (Lipinski definition) is 4. The smallest absolute Gasteiger partial charge is 0.343 e. The molecule has 0 fully saturated rings. The van der Waals surface area contributed by atoms with Gasteiger partial charge < -0.3 is 9.47 Å². The second-order valence-electron chi connectivity index (χ2n) is 6.18. The van der Waals surface area contributed by atoms with Crippen molar-refractivity contribution < 1.29 is 19.1 Å². The van der Waals surface area contributed by atoms with Crippen LogP contribution >= 0.6 is 0 Å². The molecule has 4 heteroatoms. The Labute approximate surface area is 154 Å². The van der Waals surface area contributed by atoms with Crippen molar-refractivity contribution >= 4 is 11.9 Å². The predicted molar refractivity (Wildman–Crippen MR) is 102 cm³/mol. The fourth-order valence-corrected chi connectivity index (χ4v) is 2.32. The highest BCUT2D eigenvalue weighted by atomic mass is 16.5. The molecule has 0 aliphatic rings. The highest BCUT2D eigenvalue weighted by Gasteiger charge is 2.10. The van der Waals surface area contributed by atoms with Gasteiger partial charge in [-0.3, -0.25) is 0 Å². The molecule has 0 N–H and O–H groups in total. The summed E-state index contributed by atoms with van der Waals surface area (Å²) in [5.74, 6) is -0.156. The summed E-state index contributed by atoms with van der Waals surface area (Å²) >= 11 is 0. The Balaban J connectivity index is 1.92. The van der Waals surface area contributed by atoms with Crippen LogP contribution in [0.4, 0.5) is 0 Å². The van der Waals surface area contributed by atoms with Crippen LogP contribution in [-0.4, -0.2) is 11.9 Å². The maximum absolute atomic E-state index is 12.2. The SMILES string of the molecule is C=C(C)C(=O)Oc1ccc(OC(=O)c2ccc(CCCCC)cc2)cc1. The molecule has 0 spiro atoms. The number of benzene rings is 2. The summed E-state index contributed by atoms with van der Waals surface area (Å²) in [6.45, 7) is 7.28. The van der Waals surface area contributed by atoms with Crippen LogP contribution in [-0.2, 0) is 11.2 Å². The topological polar surface area (TPSA) is 52.6 Å². The minimum Gasteiger partial charge on any atom is -0.423 e. The summed E-state index contributed by atoms with van der Waals surface area (Å²) in [6.07, 6.45) is 4.58. The first kappa shape index (κ1) is 19.4. The van der Waals surface area contributed by atoms with E-state index in [9.17, 15) is 9.59 Å². The van der Waals surface area contributed by atoms with Gasteiger partial charge in [-0.25, -0.2) is 9.59 Å². The first-order valence-corrected chi connectivity index (χ1v) is 8.78. The lowest BCUT2D eigenvalue weighted by Crippen LogP contribution is -2.09. The molecule has 0 saturated carbocycles. The van der Waals surface area contributed by atoms with E-state index in [0.717, 1.165) is 12.8 Å². The molecule has 0 saturated heterocycles. The van der Waals surface area contributed by atoms with Gasteiger partial charge in [-0.1, -0.05) is 38.5 Å². The molecule has 2 aromatic rings. The quantitative estimate of drug-likeness (QED) is 0.286. The minimum absolute atomic E-state index is 0.318. The second kappa shape index (κ2) is 9.56. The fraction of sp³-hybridized carbons (Fsp3) is 0.273. The van der Waals surface area contributed by atoms with Gasteiger partial charge >= 0.3 is 11.9 Å². The highest BCUT2D eigenvalue weighted by molar-refractivity contribution is 5.91. The molecule has 26 heavy (non-hydrogen) atoms. The summed E-state index contributed by atoms with van der Waals surface area (Å²) in [7, 11) is 0. The number of carbonyl (C=O) groups excluding carboxylic acids is 2. The predicted octanol–water partition coefficient (Wildman–Crippen LogP) is 5.12. The third-order valence-electron chi connectivity index (χ3n) is 3.85. The molecular weight excluding hydrogens is 328 g/mol. The van der Waals surface area contributed by atoms with E-state index >= 15 is 0 Å². The van der Waals surface area contributed by atoms with Crippen molar-refractivity contribution in [3.05, 3.63) is 71.8 Å². The van der Waals surface area contributed by atoms with Gasteiger partial charge in [-0.2, -0.15) is 0 Å². The lowest BCUT2D eigenvalue weighted by molar-refractivity contribution is -0.130. The van der Waals surface area contributed by atoms with Gasteiger partial charge in [0.25, 0.3) is 0 Å². The molecule has 0 aromatic heterocycles. The average Bonchev–Trinajstić information content (AvgIpc) is 2.64. The Bertz CT molecular complexity index is 758. The van der Waals surface area contributed by atoms with E-state index in [0.29, 0.717) is 22.6 Å². The monoisotopic (exact) mass is 352 g/mol. The molecule has 0 atom stereocenters. The van der Waals surface area contributed by atoms with Crippen LogP contribution in [0.15, 0.2) is 60.7 Å². The molecule has 4 nitrogen and oxygen atoms in total. The minimum atomic E-state index is -0.492. The summed E-state index contributed by atoms with van der Waals surface area (Å²) in [5, 5.41) is 0. The molecule has 0 radical (unpaired) electrons. The van der Waals surface area contributed by atoms with E-state index in [1.165, 1.54) is 18.4 Å². The van der Waals surface area contributed by atoms with Crippen LogP contribution in [0.2, 0.25) is 0 Å². The van der Waals surface area contributed by atoms with Crippen molar-refractivity contribution in [1.82, 2.24) is 0 Å². The Kier molecular flexibility index (Phi) is 7.15. The lowest BCUT2D eigenvalue weighted by atomic mass is 10.1. The molecular formula is C22H24O4. The van der Waals surface area contributed by atoms with E-state index in [-0.39, 0.29) is 0 Å². The van der Waals surface area contributed by atoms with Crippen LogP contribution in [0.5, 0.6) is 11.5 Å². The zero-order chi connectivity index (χ0) is 18.9. The van der Waals surface area contributed by atoms with Crippen molar-refractivity contribution in [2.75, 3.05) is 0 Å². The molecule has 136 valence electrons. The molecule has 2 aromatic carbocycles.